The Morgan fingerprint density at radius 1 is 1.00 bits per heavy atom. The maximum atomic E-state index is 15.2. The second-order valence-corrected chi connectivity index (χ2v) is 6.55. The van der Waals surface area contributed by atoms with E-state index in [1.54, 1.807) is 60.7 Å². The summed E-state index contributed by atoms with van der Waals surface area (Å²) in [6.45, 7) is 0.933. The third-order valence-corrected chi connectivity index (χ3v) is 4.50. The molecule has 0 saturated carbocycles. The van der Waals surface area contributed by atoms with E-state index in [9.17, 15) is 9.59 Å². The van der Waals surface area contributed by atoms with Crippen LogP contribution in [-0.4, -0.2) is 49.8 Å². The van der Waals surface area contributed by atoms with Gasteiger partial charge in [0.05, 0.1) is 11.1 Å². The van der Waals surface area contributed by atoms with Gasteiger partial charge in [0.1, 0.15) is 12.7 Å². The lowest BCUT2D eigenvalue weighted by molar-refractivity contribution is -0.164. The molecule has 1 aliphatic rings. The summed E-state index contributed by atoms with van der Waals surface area (Å²) in [6, 6.07) is 16.6. The lowest BCUT2D eigenvalue weighted by Gasteiger charge is -2.26. The minimum atomic E-state index is -2.12. The van der Waals surface area contributed by atoms with Gasteiger partial charge in [0.25, 0.3) is 0 Å². The number of hydrogen-bond donors (Lipinski definition) is 0. The molecule has 0 aliphatic carbocycles. The molecule has 2 aromatic rings. The minimum absolute atomic E-state index is 0.277. The van der Waals surface area contributed by atoms with Crippen molar-refractivity contribution in [3.05, 3.63) is 71.8 Å². The van der Waals surface area contributed by atoms with E-state index in [0.29, 0.717) is 5.56 Å². The normalized spacial score (nSPS) is 26.6. The molecular formula is C21H21FO6. The number of carbonyl (C=O) groups excluding carboxylic acids is 2. The SMILES string of the molecule is CO[C@@H]1O[C@H](COC(=O)c2ccccc2)[C@@H](OC(=O)c2ccccc2)C1(C)F. The standard InChI is InChI=1S/C21H21FO6/c1-21(22)17(28-19(24)15-11-7-4-8-12-15)16(27-20(21)25-2)13-26-18(23)14-9-5-3-6-10-14/h3-12,16-17,20H,13H2,1-2H3/t16-,17-,20-,21?/m1/s1. The minimum Gasteiger partial charge on any atom is -0.459 e. The first-order valence-electron chi connectivity index (χ1n) is 8.79. The molecule has 0 N–H and O–H groups in total. The summed E-state index contributed by atoms with van der Waals surface area (Å²) in [5, 5.41) is 0. The van der Waals surface area contributed by atoms with Crippen LogP contribution in [0.15, 0.2) is 60.7 Å². The van der Waals surface area contributed by atoms with E-state index in [1.165, 1.54) is 14.0 Å². The number of alkyl halides is 1. The van der Waals surface area contributed by atoms with Crippen molar-refractivity contribution in [3.8, 4) is 0 Å². The molecule has 4 atom stereocenters. The molecule has 7 heteroatoms. The zero-order valence-electron chi connectivity index (χ0n) is 15.5. The molecule has 2 aromatic carbocycles. The van der Waals surface area contributed by atoms with Crippen LogP contribution < -0.4 is 0 Å². The van der Waals surface area contributed by atoms with E-state index in [-0.39, 0.29) is 12.2 Å². The molecule has 0 spiro atoms. The van der Waals surface area contributed by atoms with Gasteiger partial charge in [-0.25, -0.2) is 14.0 Å². The molecule has 3 rings (SSSR count). The topological polar surface area (TPSA) is 71.1 Å². The predicted molar refractivity (Wildman–Crippen MR) is 97.6 cm³/mol. The van der Waals surface area contributed by atoms with Crippen molar-refractivity contribution in [3.63, 3.8) is 0 Å². The average Bonchev–Trinajstić information content (AvgIpc) is 2.96. The van der Waals surface area contributed by atoms with Crippen molar-refractivity contribution in [2.24, 2.45) is 0 Å². The zero-order valence-corrected chi connectivity index (χ0v) is 15.5. The molecule has 0 radical (unpaired) electrons. The van der Waals surface area contributed by atoms with Crippen LogP contribution in [0.25, 0.3) is 0 Å². The van der Waals surface area contributed by atoms with E-state index in [0.717, 1.165) is 0 Å². The van der Waals surface area contributed by atoms with E-state index in [2.05, 4.69) is 0 Å². The molecule has 1 heterocycles. The van der Waals surface area contributed by atoms with Gasteiger partial charge in [-0.15, -0.1) is 0 Å². The highest BCUT2D eigenvalue weighted by Gasteiger charge is 2.58. The summed E-state index contributed by atoms with van der Waals surface area (Å²) in [4.78, 5) is 24.5. The van der Waals surface area contributed by atoms with Gasteiger partial charge in [-0.3, -0.25) is 0 Å². The van der Waals surface area contributed by atoms with Gasteiger partial charge in [-0.1, -0.05) is 36.4 Å². The number of hydrogen-bond acceptors (Lipinski definition) is 6. The van der Waals surface area contributed by atoms with E-state index in [4.69, 9.17) is 18.9 Å². The summed E-state index contributed by atoms with van der Waals surface area (Å²) in [5.74, 6) is -1.28. The maximum absolute atomic E-state index is 15.2. The van der Waals surface area contributed by atoms with Gasteiger partial charge in [0, 0.05) is 7.11 Å². The number of halogens is 1. The number of benzene rings is 2. The van der Waals surface area contributed by atoms with Gasteiger partial charge in [0.15, 0.2) is 18.1 Å². The zero-order chi connectivity index (χ0) is 20.1. The van der Waals surface area contributed by atoms with Gasteiger partial charge in [0.2, 0.25) is 0 Å². The van der Waals surface area contributed by atoms with Crippen LogP contribution >= 0.6 is 0 Å². The lowest BCUT2D eigenvalue weighted by atomic mass is 9.99. The van der Waals surface area contributed by atoms with Crippen molar-refractivity contribution in [1.82, 2.24) is 0 Å². The van der Waals surface area contributed by atoms with Gasteiger partial charge < -0.3 is 18.9 Å². The third-order valence-electron chi connectivity index (χ3n) is 4.50. The molecule has 1 aliphatic heterocycles. The highest BCUT2D eigenvalue weighted by Crippen LogP contribution is 2.37. The number of esters is 2. The fourth-order valence-corrected chi connectivity index (χ4v) is 3.04. The summed E-state index contributed by atoms with van der Waals surface area (Å²) < 4.78 is 36.4. The summed E-state index contributed by atoms with van der Waals surface area (Å²) >= 11 is 0. The fourth-order valence-electron chi connectivity index (χ4n) is 3.04. The van der Waals surface area contributed by atoms with Crippen molar-refractivity contribution in [2.45, 2.75) is 31.1 Å². The summed E-state index contributed by atoms with van der Waals surface area (Å²) in [5.41, 5.74) is -1.49. The van der Waals surface area contributed by atoms with E-state index >= 15 is 4.39 Å². The van der Waals surface area contributed by atoms with Crippen LogP contribution in [0.3, 0.4) is 0 Å². The smallest absolute Gasteiger partial charge is 0.338 e. The highest BCUT2D eigenvalue weighted by molar-refractivity contribution is 5.90. The first-order valence-corrected chi connectivity index (χ1v) is 8.79. The van der Waals surface area contributed by atoms with Gasteiger partial charge in [-0.05, 0) is 31.2 Å². The average molecular weight is 388 g/mol. The quantitative estimate of drug-likeness (QED) is 0.708. The Kier molecular flexibility index (Phi) is 6.06. The molecule has 0 aromatic heterocycles. The number of rotatable bonds is 6. The third kappa shape index (κ3) is 4.21. The Balaban J connectivity index is 1.72. The van der Waals surface area contributed by atoms with Crippen molar-refractivity contribution < 1.29 is 32.9 Å². The predicted octanol–water partition coefficient (Wildman–Crippen LogP) is 3.17. The van der Waals surface area contributed by atoms with Crippen molar-refractivity contribution in [1.29, 1.82) is 0 Å². The Morgan fingerprint density at radius 3 is 2.07 bits per heavy atom. The molecule has 1 unspecified atom stereocenters. The Hall–Kier alpha value is -2.77. The van der Waals surface area contributed by atoms with Gasteiger partial charge >= 0.3 is 11.9 Å². The second kappa shape index (κ2) is 8.50. The largest absolute Gasteiger partial charge is 0.459 e. The van der Waals surface area contributed by atoms with Crippen LogP contribution in [0, 0.1) is 0 Å². The number of carbonyl (C=O) groups is 2. The second-order valence-electron chi connectivity index (χ2n) is 6.55. The molecule has 28 heavy (non-hydrogen) atoms. The lowest BCUT2D eigenvalue weighted by Crippen LogP contribution is -2.45. The van der Waals surface area contributed by atoms with E-state index in [1.807, 2.05) is 0 Å². The van der Waals surface area contributed by atoms with Crippen molar-refractivity contribution in [2.75, 3.05) is 13.7 Å². The van der Waals surface area contributed by atoms with Crippen molar-refractivity contribution >= 4 is 11.9 Å². The van der Waals surface area contributed by atoms with Crippen LogP contribution in [0.4, 0.5) is 4.39 Å². The highest BCUT2D eigenvalue weighted by atomic mass is 19.1. The molecule has 1 fully saturated rings. The molecule has 0 amide bonds. The number of methoxy groups -OCH3 is 1. The molecule has 1 saturated heterocycles. The van der Waals surface area contributed by atoms with E-state index < -0.39 is 36.1 Å². The Labute approximate surface area is 162 Å². The summed E-state index contributed by atoms with van der Waals surface area (Å²) in [6.07, 6.45) is -3.59. The number of ether oxygens (including phenoxy) is 4. The molecule has 6 nitrogen and oxygen atoms in total. The monoisotopic (exact) mass is 388 g/mol. The Bertz CT molecular complexity index is 808. The fraction of sp³-hybridized carbons (Fsp3) is 0.333. The first kappa shape index (κ1) is 20.0. The molecule has 0 bridgehead atoms. The van der Waals surface area contributed by atoms with Crippen LogP contribution in [0.1, 0.15) is 27.6 Å². The Morgan fingerprint density at radius 2 is 1.54 bits per heavy atom. The maximum Gasteiger partial charge on any atom is 0.338 e. The van der Waals surface area contributed by atoms with Gasteiger partial charge in [-0.2, -0.15) is 0 Å². The van der Waals surface area contributed by atoms with Crippen LogP contribution in [0.2, 0.25) is 0 Å². The van der Waals surface area contributed by atoms with Crippen LogP contribution in [-0.2, 0) is 18.9 Å². The first-order chi connectivity index (χ1) is 13.4. The van der Waals surface area contributed by atoms with Crippen LogP contribution in [0.5, 0.6) is 0 Å². The molecular weight excluding hydrogens is 367 g/mol. The molecule has 148 valence electrons. The summed E-state index contributed by atoms with van der Waals surface area (Å²) in [7, 11) is 1.29.